The molecular weight excluding hydrogens is 398 g/mol. The Morgan fingerprint density at radius 3 is 2.63 bits per heavy atom. The molecule has 0 spiro atoms. The molecule has 2 saturated heterocycles. The molecule has 0 bridgehead atoms. The maximum Gasteiger partial charge on any atom is 0.233 e. The number of thioether (sulfide) groups is 1. The van der Waals surface area contributed by atoms with E-state index in [0.717, 1.165) is 57.9 Å². The number of rotatable bonds is 6. The van der Waals surface area contributed by atoms with Gasteiger partial charge in [-0.2, -0.15) is 0 Å². The van der Waals surface area contributed by atoms with Crippen LogP contribution in [0.5, 0.6) is 5.75 Å². The van der Waals surface area contributed by atoms with Crippen LogP contribution in [0.25, 0.3) is 0 Å². The summed E-state index contributed by atoms with van der Waals surface area (Å²) in [7, 11) is 1.73. The Kier molecular flexibility index (Phi) is 7.07. The SMILES string of the molecule is COc1ccccc1N1CCN(C2CCCN(C(=O)CSc3ncccn3)C2)CC1. The number of piperazine rings is 1. The zero-order valence-corrected chi connectivity index (χ0v) is 18.3. The smallest absolute Gasteiger partial charge is 0.233 e. The van der Waals surface area contributed by atoms with Crippen molar-refractivity contribution >= 4 is 23.4 Å². The van der Waals surface area contributed by atoms with Gasteiger partial charge in [0.25, 0.3) is 0 Å². The number of benzene rings is 1. The van der Waals surface area contributed by atoms with Gasteiger partial charge in [-0.15, -0.1) is 0 Å². The summed E-state index contributed by atoms with van der Waals surface area (Å²) in [6.45, 7) is 5.66. The second-order valence-electron chi connectivity index (χ2n) is 7.65. The maximum atomic E-state index is 12.7. The van der Waals surface area contributed by atoms with E-state index in [0.29, 0.717) is 17.0 Å². The number of amides is 1. The number of piperidine rings is 1. The van der Waals surface area contributed by atoms with Crippen LogP contribution >= 0.6 is 11.8 Å². The van der Waals surface area contributed by atoms with Gasteiger partial charge in [-0.3, -0.25) is 9.69 Å². The van der Waals surface area contributed by atoms with Crippen molar-refractivity contribution in [3.05, 3.63) is 42.7 Å². The van der Waals surface area contributed by atoms with E-state index in [2.05, 4.69) is 31.9 Å². The minimum Gasteiger partial charge on any atom is -0.495 e. The van der Waals surface area contributed by atoms with E-state index in [-0.39, 0.29) is 5.91 Å². The molecule has 160 valence electrons. The van der Waals surface area contributed by atoms with Gasteiger partial charge in [0.15, 0.2) is 5.16 Å². The van der Waals surface area contributed by atoms with Crippen molar-refractivity contribution < 1.29 is 9.53 Å². The highest BCUT2D eigenvalue weighted by atomic mass is 32.2. The minimum absolute atomic E-state index is 0.185. The first kappa shape index (κ1) is 20.9. The molecule has 1 unspecified atom stereocenters. The number of para-hydroxylation sites is 2. The summed E-state index contributed by atoms with van der Waals surface area (Å²) in [5, 5.41) is 0.659. The summed E-state index contributed by atoms with van der Waals surface area (Å²) < 4.78 is 5.53. The van der Waals surface area contributed by atoms with Gasteiger partial charge in [0.1, 0.15) is 5.75 Å². The van der Waals surface area contributed by atoms with Crippen molar-refractivity contribution in [1.82, 2.24) is 19.8 Å². The number of aromatic nitrogens is 2. The summed E-state index contributed by atoms with van der Waals surface area (Å²) in [4.78, 5) is 28.1. The average molecular weight is 428 g/mol. The van der Waals surface area contributed by atoms with E-state index >= 15 is 0 Å². The lowest BCUT2D eigenvalue weighted by Gasteiger charge is -2.44. The Labute approximate surface area is 182 Å². The number of likely N-dealkylation sites (tertiary alicyclic amines) is 1. The Morgan fingerprint density at radius 1 is 1.10 bits per heavy atom. The normalized spacial score (nSPS) is 20.2. The molecule has 0 radical (unpaired) electrons. The lowest BCUT2D eigenvalue weighted by Crippen LogP contribution is -2.56. The molecule has 4 rings (SSSR count). The van der Waals surface area contributed by atoms with Crippen LogP contribution in [0, 0.1) is 0 Å². The quantitative estimate of drug-likeness (QED) is 0.518. The van der Waals surface area contributed by atoms with Gasteiger partial charge in [-0.05, 0) is 31.0 Å². The Morgan fingerprint density at radius 2 is 1.87 bits per heavy atom. The summed E-state index contributed by atoms with van der Waals surface area (Å²) in [5.74, 6) is 1.52. The molecule has 0 aliphatic carbocycles. The van der Waals surface area contributed by atoms with Crippen molar-refractivity contribution in [3.63, 3.8) is 0 Å². The molecule has 2 aliphatic heterocycles. The number of anilines is 1. The highest BCUT2D eigenvalue weighted by molar-refractivity contribution is 7.99. The monoisotopic (exact) mass is 427 g/mol. The fourth-order valence-electron chi connectivity index (χ4n) is 4.28. The van der Waals surface area contributed by atoms with Crippen LogP contribution in [-0.2, 0) is 4.79 Å². The molecule has 2 aromatic rings. The molecule has 1 amide bonds. The van der Waals surface area contributed by atoms with Crippen LogP contribution in [-0.4, -0.2) is 83.8 Å². The molecule has 8 heteroatoms. The number of nitrogens with zero attached hydrogens (tertiary/aromatic N) is 5. The van der Waals surface area contributed by atoms with Gasteiger partial charge >= 0.3 is 0 Å². The lowest BCUT2D eigenvalue weighted by molar-refractivity contribution is -0.130. The van der Waals surface area contributed by atoms with Crippen LogP contribution < -0.4 is 9.64 Å². The molecule has 2 fully saturated rings. The standard InChI is InChI=1S/C22H29N5O2S/c1-29-20-8-3-2-7-19(20)26-14-12-25(13-15-26)18-6-4-11-27(16-18)21(28)17-30-22-23-9-5-10-24-22/h2-3,5,7-10,18H,4,6,11-17H2,1H3. The molecule has 1 aromatic heterocycles. The fourth-order valence-corrected chi connectivity index (χ4v) is 4.98. The molecule has 0 saturated carbocycles. The number of hydrogen-bond donors (Lipinski definition) is 0. The lowest BCUT2D eigenvalue weighted by atomic mass is 10.0. The molecular formula is C22H29N5O2S. The van der Waals surface area contributed by atoms with Crippen molar-refractivity contribution in [2.24, 2.45) is 0 Å². The third-order valence-electron chi connectivity index (χ3n) is 5.87. The largest absolute Gasteiger partial charge is 0.495 e. The van der Waals surface area contributed by atoms with Crippen LogP contribution in [0.1, 0.15) is 12.8 Å². The Hall–Kier alpha value is -2.32. The molecule has 3 heterocycles. The molecule has 7 nitrogen and oxygen atoms in total. The van der Waals surface area contributed by atoms with Crippen molar-refractivity contribution in [2.45, 2.75) is 24.0 Å². The van der Waals surface area contributed by atoms with Crippen molar-refractivity contribution in [2.75, 3.05) is 57.0 Å². The van der Waals surface area contributed by atoms with E-state index in [4.69, 9.17) is 4.74 Å². The predicted molar refractivity (Wildman–Crippen MR) is 119 cm³/mol. The van der Waals surface area contributed by atoms with Gasteiger partial charge in [0.2, 0.25) is 5.91 Å². The van der Waals surface area contributed by atoms with E-state index in [1.165, 1.54) is 17.4 Å². The number of hydrogen-bond acceptors (Lipinski definition) is 7. The fraction of sp³-hybridized carbons (Fsp3) is 0.500. The van der Waals surface area contributed by atoms with Gasteiger partial charge in [0, 0.05) is 57.7 Å². The number of methoxy groups -OCH3 is 1. The van der Waals surface area contributed by atoms with Gasteiger partial charge in [-0.25, -0.2) is 9.97 Å². The van der Waals surface area contributed by atoms with E-state index in [1.54, 1.807) is 25.6 Å². The van der Waals surface area contributed by atoms with Gasteiger partial charge in [-0.1, -0.05) is 23.9 Å². The van der Waals surface area contributed by atoms with Crippen molar-refractivity contribution in [3.8, 4) is 5.75 Å². The first-order valence-electron chi connectivity index (χ1n) is 10.5. The summed E-state index contributed by atoms with van der Waals surface area (Å²) in [6.07, 6.45) is 5.64. The van der Waals surface area contributed by atoms with E-state index in [1.807, 2.05) is 17.0 Å². The van der Waals surface area contributed by atoms with E-state index in [9.17, 15) is 4.79 Å². The predicted octanol–water partition coefficient (Wildman–Crippen LogP) is 2.39. The first-order chi connectivity index (χ1) is 14.7. The number of carbonyl (C=O) groups is 1. The van der Waals surface area contributed by atoms with Crippen LogP contribution in [0.3, 0.4) is 0 Å². The van der Waals surface area contributed by atoms with Crippen LogP contribution in [0.15, 0.2) is 47.9 Å². The summed E-state index contributed by atoms with van der Waals surface area (Å²) in [5.41, 5.74) is 1.17. The zero-order valence-electron chi connectivity index (χ0n) is 17.4. The minimum atomic E-state index is 0.185. The van der Waals surface area contributed by atoms with E-state index < -0.39 is 0 Å². The molecule has 2 aliphatic rings. The summed E-state index contributed by atoms with van der Waals surface area (Å²) in [6, 6.07) is 10.4. The van der Waals surface area contributed by atoms with Gasteiger partial charge in [0.05, 0.1) is 18.6 Å². The zero-order chi connectivity index (χ0) is 20.8. The third kappa shape index (κ3) is 5.05. The second-order valence-corrected chi connectivity index (χ2v) is 8.59. The topological polar surface area (TPSA) is 61.8 Å². The maximum absolute atomic E-state index is 12.7. The highest BCUT2D eigenvalue weighted by Gasteiger charge is 2.30. The van der Waals surface area contributed by atoms with Crippen LogP contribution in [0.4, 0.5) is 5.69 Å². The average Bonchev–Trinajstić information content (AvgIpc) is 2.83. The summed E-state index contributed by atoms with van der Waals surface area (Å²) >= 11 is 1.41. The number of carbonyl (C=O) groups excluding carboxylic acids is 1. The first-order valence-corrected chi connectivity index (χ1v) is 11.5. The Balaban J connectivity index is 1.28. The Bertz CT molecular complexity index is 829. The van der Waals surface area contributed by atoms with Crippen LogP contribution in [0.2, 0.25) is 0 Å². The second kappa shape index (κ2) is 10.1. The van der Waals surface area contributed by atoms with Gasteiger partial charge < -0.3 is 14.5 Å². The molecule has 0 N–H and O–H groups in total. The molecule has 1 aromatic carbocycles. The molecule has 1 atom stereocenters. The highest BCUT2D eigenvalue weighted by Crippen LogP contribution is 2.29. The molecule has 30 heavy (non-hydrogen) atoms. The van der Waals surface area contributed by atoms with Crippen molar-refractivity contribution in [1.29, 1.82) is 0 Å². The third-order valence-corrected chi connectivity index (χ3v) is 6.73. The number of ether oxygens (including phenoxy) is 1.